The number of pyridine rings is 1. The fraction of sp³-hybridized carbons (Fsp3) is 0.316. The lowest BCUT2D eigenvalue weighted by atomic mass is 10.2. The standard InChI is InChI=1S/C19H20FN5O3S/c20-16-5-3-14(4-6-16)13-29(27,28)22-10-11-24-19(26)25(17-7-8-17)18(23-24)15-2-1-9-21-12-15/h1-6,9,12,17,22H,7-8,10-11,13H2. The summed E-state index contributed by atoms with van der Waals surface area (Å²) >= 11 is 0. The van der Waals surface area contributed by atoms with E-state index in [1.54, 1.807) is 23.0 Å². The average molecular weight is 417 g/mol. The lowest BCUT2D eigenvalue weighted by Gasteiger charge is -2.06. The third-order valence-electron chi connectivity index (χ3n) is 4.62. The van der Waals surface area contributed by atoms with Gasteiger partial charge in [-0.3, -0.25) is 9.55 Å². The number of sulfonamides is 1. The number of nitrogens with one attached hydrogen (secondary N) is 1. The molecular formula is C19H20FN5O3S. The molecule has 1 aliphatic rings. The van der Waals surface area contributed by atoms with E-state index in [0.29, 0.717) is 11.4 Å². The van der Waals surface area contributed by atoms with Gasteiger partial charge in [0.05, 0.1) is 12.3 Å². The molecule has 0 saturated heterocycles. The lowest BCUT2D eigenvalue weighted by Crippen LogP contribution is -2.32. The van der Waals surface area contributed by atoms with Crippen LogP contribution >= 0.6 is 0 Å². The van der Waals surface area contributed by atoms with Crippen LogP contribution in [0.3, 0.4) is 0 Å². The van der Waals surface area contributed by atoms with Crippen molar-refractivity contribution in [2.75, 3.05) is 6.54 Å². The first kappa shape index (κ1) is 19.5. The van der Waals surface area contributed by atoms with Crippen molar-refractivity contribution in [2.45, 2.75) is 31.2 Å². The van der Waals surface area contributed by atoms with Crippen molar-refractivity contribution >= 4 is 10.0 Å². The molecule has 0 amide bonds. The highest BCUT2D eigenvalue weighted by molar-refractivity contribution is 7.88. The number of halogens is 1. The van der Waals surface area contributed by atoms with Crippen LogP contribution in [0.2, 0.25) is 0 Å². The number of rotatable bonds is 8. The second kappa shape index (κ2) is 7.88. The Kier molecular flexibility index (Phi) is 5.29. The van der Waals surface area contributed by atoms with Crippen LogP contribution in [0.1, 0.15) is 24.4 Å². The molecule has 0 radical (unpaired) electrons. The molecule has 1 fully saturated rings. The van der Waals surface area contributed by atoms with Crippen molar-refractivity contribution in [3.05, 3.63) is 70.7 Å². The minimum Gasteiger partial charge on any atom is -0.272 e. The Bertz CT molecular complexity index is 1150. The molecule has 10 heteroatoms. The number of hydrogen-bond donors (Lipinski definition) is 1. The summed E-state index contributed by atoms with van der Waals surface area (Å²) in [7, 11) is -3.62. The highest BCUT2D eigenvalue weighted by Crippen LogP contribution is 2.36. The van der Waals surface area contributed by atoms with Gasteiger partial charge >= 0.3 is 5.69 Å². The van der Waals surface area contributed by atoms with Crippen molar-refractivity contribution in [1.29, 1.82) is 0 Å². The molecule has 152 valence electrons. The highest BCUT2D eigenvalue weighted by atomic mass is 32.2. The number of nitrogens with zero attached hydrogens (tertiary/aromatic N) is 4. The van der Waals surface area contributed by atoms with Crippen molar-refractivity contribution in [3.63, 3.8) is 0 Å². The van der Waals surface area contributed by atoms with Gasteiger partial charge in [0.1, 0.15) is 5.82 Å². The topological polar surface area (TPSA) is 98.9 Å². The zero-order valence-corrected chi connectivity index (χ0v) is 16.3. The van der Waals surface area contributed by atoms with Gasteiger partial charge in [0, 0.05) is 30.5 Å². The summed E-state index contributed by atoms with van der Waals surface area (Å²) in [5.74, 6) is -0.145. The SMILES string of the molecule is O=c1n(CCNS(=O)(=O)Cc2ccc(F)cc2)nc(-c2cccnc2)n1C1CC1. The Morgan fingerprint density at radius 1 is 1.17 bits per heavy atom. The Morgan fingerprint density at radius 3 is 2.59 bits per heavy atom. The minimum atomic E-state index is -3.62. The Labute approximate surface area is 167 Å². The Morgan fingerprint density at radius 2 is 1.93 bits per heavy atom. The van der Waals surface area contributed by atoms with E-state index in [2.05, 4.69) is 14.8 Å². The fourth-order valence-corrected chi connectivity index (χ4v) is 4.21. The van der Waals surface area contributed by atoms with Crippen LogP contribution in [0.25, 0.3) is 11.4 Å². The van der Waals surface area contributed by atoms with Crippen LogP contribution in [0.15, 0.2) is 53.6 Å². The van der Waals surface area contributed by atoms with Gasteiger partial charge in [0.25, 0.3) is 0 Å². The molecular weight excluding hydrogens is 397 g/mol. The van der Waals surface area contributed by atoms with Crippen molar-refractivity contribution in [1.82, 2.24) is 24.1 Å². The molecule has 2 aromatic heterocycles. The van der Waals surface area contributed by atoms with Gasteiger partial charge in [-0.25, -0.2) is 27.0 Å². The van der Waals surface area contributed by atoms with E-state index in [1.165, 1.54) is 28.9 Å². The molecule has 2 heterocycles. The molecule has 3 aromatic rings. The van der Waals surface area contributed by atoms with Crippen LogP contribution in [0.5, 0.6) is 0 Å². The second-order valence-corrected chi connectivity index (χ2v) is 8.76. The van der Waals surface area contributed by atoms with E-state index in [0.717, 1.165) is 18.4 Å². The highest BCUT2D eigenvalue weighted by Gasteiger charge is 2.30. The maximum Gasteiger partial charge on any atom is 0.346 e. The third-order valence-corrected chi connectivity index (χ3v) is 5.98. The average Bonchev–Trinajstić information content (AvgIpc) is 3.48. The maximum atomic E-state index is 13.0. The molecule has 8 nitrogen and oxygen atoms in total. The molecule has 1 saturated carbocycles. The summed E-state index contributed by atoms with van der Waals surface area (Å²) in [6.07, 6.45) is 5.14. The summed E-state index contributed by atoms with van der Waals surface area (Å²) in [5, 5.41) is 4.41. The second-order valence-electron chi connectivity index (χ2n) is 6.95. The Hall–Kier alpha value is -2.85. The molecule has 0 aliphatic heterocycles. The van der Waals surface area contributed by atoms with Gasteiger partial charge in [-0.1, -0.05) is 12.1 Å². The summed E-state index contributed by atoms with van der Waals surface area (Å²) in [4.78, 5) is 16.8. The van der Waals surface area contributed by atoms with Crippen molar-refractivity contribution in [2.24, 2.45) is 0 Å². The van der Waals surface area contributed by atoms with Crippen LogP contribution in [0.4, 0.5) is 4.39 Å². The number of benzene rings is 1. The number of hydrogen-bond acceptors (Lipinski definition) is 5. The molecule has 1 N–H and O–H groups in total. The van der Waals surface area contributed by atoms with Gasteiger partial charge in [-0.05, 0) is 42.7 Å². The fourth-order valence-electron chi connectivity index (χ4n) is 3.08. The van der Waals surface area contributed by atoms with Gasteiger partial charge in [-0.15, -0.1) is 5.10 Å². The monoisotopic (exact) mass is 417 g/mol. The predicted molar refractivity (Wildman–Crippen MR) is 105 cm³/mol. The van der Waals surface area contributed by atoms with E-state index >= 15 is 0 Å². The summed E-state index contributed by atoms with van der Waals surface area (Å²) in [6, 6.07) is 9.03. The molecule has 0 spiro atoms. The summed E-state index contributed by atoms with van der Waals surface area (Å²) in [6.45, 7) is 0.131. The van der Waals surface area contributed by atoms with E-state index in [1.807, 2.05) is 6.07 Å². The van der Waals surface area contributed by atoms with Gasteiger partial charge in [0.2, 0.25) is 10.0 Å². The minimum absolute atomic E-state index is 0.0254. The van der Waals surface area contributed by atoms with E-state index in [4.69, 9.17) is 0 Å². The van der Waals surface area contributed by atoms with Crippen LogP contribution in [-0.2, 0) is 22.3 Å². The summed E-state index contributed by atoms with van der Waals surface area (Å²) < 4.78 is 42.9. The van der Waals surface area contributed by atoms with Crippen LogP contribution in [0, 0.1) is 5.82 Å². The first-order valence-electron chi connectivity index (χ1n) is 9.24. The third kappa shape index (κ3) is 4.60. The van der Waals surface area contributed by atoms with Crippen LogP contribution < -0.4 is 10.4 Å². The first-order chi connectivity index (χ1) is 13.9. The molecule has 1 aromatic carbocycles. The molecule has 1 aliphatic carbocycles. The summed E-state index contributed by atoms with van der Waals surface area (Å²) in [5.41, 5.74) is 0.962. The lowest BCUT2D eigenvalue weighted by molar-refractivity contribution is 0.546. The van der Waals surface area contributed by atoms with E-state index < -0.39 is 15.8 Å². The first-order valence-corrected chi connectivity index (χ1v) is 10.9. The van der Waals surface area contributed by atoms with Gasteiger partial charge in [-0.2, -0.15) is 0 Å². The normalized spacial score (nSPS) is 14.2. The zero-order chi connectivity index (χ0) is 20.4. The quantitative estimate of drug-likeness (QED) is 0.602. The molecule has 0 bridgehead atoms. The molecule has 4 rings (SSSR count). The largest absolute Gasteiger partial charge is 0.346 e. The number of aromatic nitrogens is 4. The smallest absolute Gasteiger partial charge is 0.272 e. The predicted octanol–water partition coefficient (Wildman–Crippen LogP) is 1.70. The molecule has 29 heavy (non-hydrogen) atoms. The van der Waals surface area contributed by atoms with Gasteiger partial charge in [0.15, 0.2) is 5.82 Å². The van der Waals surface area contributed by atoms with Gasteiger partial charge < -0.3 is 0 Å². The molecule has 0 unspecified atom stereocenters. The van der Waals surface area contributed by atoms with E-state index in [9.17, 15) is 17.6 Å². The Balaban J connectivity index is 1.46. The van der Waals surface area contributed by atoms with Crippen molar-refractivity contribution < 1.29 is 12.8 Å². The van der Waals surface area contributed by atoms with E-state index in [-0.39, 0.29) is 30.6 Å². The maximum absolute atomic E-state index is 13.0. The van der Waals surface area contributed by atoms with Crippen LogP contribution in [-0.4, -0.2) is 34.3 Å². The van der Waals surface area contributed by atoms with Crippen molar-refractivity contribution in [3.8, 4) is 11.4 Å². The zero-order valence-electron chi connectivity index (χ0n) is 15.5. The molecule has 0 atom stereocenters.